The molecule has 0 bridgehead atoms. The molecule has 2 aromatic carbocycles. The molecule has 60 valence electrons. The number of benzene rings is 2. The average Bonchev–Trinajstić information content (AvgIpc) is 2.56. The normalized spacial score (nSPS) is 11.1. The summed E-state index contributed by atoms with van der Waals surface area (Å²) >= 11 is 0. The maximum Gasteiger partial charge on any atom is 0.136 e. The lowest BCUT2D eigenvalue weighted by Gasteiger charge is -1.84. The summed E-state index contributed by atoms with van der Waals surface area (Å²) in [6, 6.07) is 17.5. The third-order valence-corrected chi connectivity index (χ3v) is 2.16. The third-order valence-electron chi connectivity index (χ3n) is 2.16. The van der Waals surface area contributed by atoms with Gasteiger partial charge in [-0.3, -0.25) is 0 Å². The van der Waals surface area contributed by atoms with Crippen molar-refractivity contribution in [2.45, 2.75) is 0 Å². The Labute approximate surface area is 75.6 Å². The van der Waals surface area contributed by atoms with Gasteiger partial charge >= 0.3 is 0 Å². The molecule has 3 rings (SSSR count). The van der Waals surface area contributed by atoms with E-state index in [0.29, 0.717) is 0 Å². The van der Waals surface area contributed by atoms with Crippen molar-refractivity contribution >= 4 is 21.9 Å². The summed E-state index contributed by atoms with van der Waals surface area (Å²) in [4.78, 5) is 0. The van der Waals surface area contributed by atoms with Gasteiger partial charge in [-0.05, 0) is 36.4 Å². The van der Waals surface area contributed by atoms with Crippen molar-refractivity contribution in [1.29, 1.82) is 0 Å². The zero-order valence-electron chi connectivity index (χ0n) is 6.87. The molecule has 1 nitrogen and oxygen atoms in total. The van der Waals surface area contributed by atoms with E-state index in [1.165, 1.54) is 0 Å². The van der Waals surface area contributed by atoms with E-state index >= 15 is 0 Å². The fourth-order valence-electron chi connectivity index (χ4n) is 1.56. The second kappa shape index (κ2) is 2.36. The van der Waals surface area contributed by atoms with Crippen LogP contribution in [0, 0.1) is 12.1 Å². The predicted molar refractivity (Wildman–Crippen MR) is 51.4 cm³/mol. The summed E-state index contributed by atoms with van der Waals surface area (Å²) in [6.45, 7) is 0. The van der Waals surface area contributed by atoms with E-state index in [-0.39, 0.29) is 0 Å². The van der Waals surface area contributed by atoms with Gasteiger partial charge in [-0.25, -0.2) is 0 Å². The SMILES string of the molecule is [c]1ccc2c(c1)oc1cc[c]cc12. The van der Waals surface area contributed by atoms with Gasteiger partial charge in [0.2, 0.25) is 0 Å². The van der Waals surface area contributed by atoms with Crippen molar-refractivity contribution in [2.75, 3.05) is 0 Å². The van der Waals surface area contributed by atoms with E-state index in [1.54, 1.807) is 0 Å². The number of furan rings is 1. The highest BCUT2D eigenvalue weighted by molar-refractivity contribution is 6.04. The van der Waals surface area contributed by atoms with Gasteiger partial charge in [0.15, 0.2) is 0 Å². The molecule has 1 heterocycles. The predicted octanol–water partition coefficient (Wildman–Crippen LogP) is 3.19. The average molecular weight is 166 g/mol. The number of hydrogen-bond acceptors (Lipinski definition) is 1. The minimum atomic E-state index is 0.886. The Bertz CT molecular complexity index is 513. The maximum atomic E-state index is 5.60. The standard InChI is InChI=1S/C12H6O/c1-3-7-11-9(5-1)10-6-2-4-8-12(10)13-11/h1,4-8H. The van der Waals surface area contributed by atoms with Crippen molar-refractivity contribution in [3.63, 3.8) is 0 Å². The summed E-state index contributed by atoms with van der Waals surface area (Å²) in [5, 5.41) is 2.25. The van der Waals surface area contributed by atoms with Gasteiger partial charge in [0, 0.05) is 10.8 Å². The molecule has 1 aromatic heterocycles. The highest BCUT2D eigenvalue weighted by Gasteiger charge is 2.03. The van der Waals surface area contributed by atoms with E-state index in [1.807, 2.05) is 36.4 Å². The quantitative estimate of drug-likeness (QED) is 0.500. The molecule has 0 aliphatic rings. The van der Waals surface area contributed by atoms with Crippen LogP contribution in [0.15, 0.2) is 40.8 Å². The molecule has 3 aromatic rings. The van der Waals surface area contributed by atoms with Crippen LogP contribution in [0.4, 0.5) is 0 Å². The highest BCUT2D eigenvalue weighted by Crippen LogP contribution is 2.27. The topological polar surface area (TPSA) is 13.1 Å². The van der Waals surface area contributed by atoms with E-state index in [4.69, 9.17) is 4.42 Å². The Kier molecular flexibility index (Phi) is 1.22. The zero-order valence-corrected chi connectivity index (χ0v) is 6.87. The van der Waals surface area contributed by atoms with Crippen molar-refractivity contribution < 1.29 is 4.42 Å². The molecule has 0 aliphatic heterocycles. The fraction of sp³-hybridized carbons (Fsp3) is 0. The van der Waals surface area contributed by atoms with Gasteiger partial charge in [-0.1, -0.05) is 12.1 Å². The molecule has 2 radical (unpaired) electrons. The van der Waals surface area contributed by atoms with Crippen LogP contribution in [0.1, 0.15) is 0 Å². The maximum absolute atomic E-state index is 5.60. The Morgan fingerprint density at radius 2 is 1.69 bits per heavy atom. The van der Waals surface area contributed by atoms with Gasteiger partial charge < -0.3 is 4.42 Å². The summed E-state index contributed by atoms with van der Waals surface area (Å²) in [5.41, 5.74) is 1.80. The molecule has 0 spiro atoms. The molecule has 0 N–H and O–H groups in total. The number of rotatable bonds is 0. The Hall–Kier alpha value is -1.76. The molecule has 0 fully saturated rings. The number of hydrogen-bond donors (Lipinski definition) is 0. The van der Waals surface area contributed by atoms with Crippen molar-refractivity contribution in [1.82, 2.24) is 0 Å². The van der Waals surface area contributed by atoms with Crippen LogP contribution in [0.2, 0.25) is 0 Å². The highest BCUT2D eigenvalue weighted by atomic mass is 16.3. The summed E-state index contributed by atoms with van der Waals surface area (Å²) in [5.74, 6) is 0. The minimum Gasteiger partial charge on any atom is -0.456 e. The smallest absolute Gasteiger partial charge is 0.136 e. The second-order valence-corrected chi connectivity index (χ2v) is 2.95. The summed E-state index contributed by atoms with van der Waals surface area (Å²) < 4.78 is 5.60. The minimum absolute atomic E-state index is 0.886. The van der Waals surface area contributed by atoms with Gasteiger partial charge in [0.25, 0.3) is 0 Å². The lowest BCUT2D eigenvalue weighted by atomic mass is 10.2. The molecule has 0 aliphatic carbocycles. The van der Waals surface area contributed by atoms with Gasteiger partial charge in [0.05, 0.1) is 0 Å². The van der Waals surface area contributed by atoms with Crippen LogP contribution in [0.3, 0.4) is 0 Å². The van der Waals surface area contributed by atoms with E-state index < -0.39 is 0 Å². The Balaban J connectivity index is 2.64. The molecule has 1 heteroatoms. The van der Waals surface area contributed by atoms with Gasteiger partial charge in [-0.2, -0.15) is 0 Å². The first-order chi connectivity index (χ1) is 6.45. The number of fused-ring (bicyclic) bond motifs is 3. The van der Waals surface area contributed by atoms with Gasteiger partial charge in [-0.15, -0.1) is 0 Å². The van der Waals surface area contributed by atoms with E-state index in [2.05, 4.69) is 12.1 Å². The van der Waals surface area contributed by atoms with Crippen LogP contribution in [-0.4, -0.2) is 0 Å². The first-order valence-corrected chi connectivity index (χ1v) is 4.13. The van der Waals surface area contributed by atoms with Crippen LogP contribution < -0.4 is 0 Å². The summed E-state index contributed by atoms with van der Waals surface area (Å²) in [6.07, 6.45) is 0. The largest absolute Gasteiger partial charge is 0.456 e. The van der Waals surface area contributed by atoms with E-state index in [9.17, 15) is 0 Å². The first kappa shape index (κ1) is 6.72. The zero-order chi connectivity index (χ0) is 8.67. The molecular formula is C12H6O. The summed E-state index contributed by atoms with van der Waals surface area (Å²) in [7, 11) is 0. The molecule has 0 atom stereocenters. The molecule has 0 amide bonds. The van der Waals surface area contributed by atoms with Crippen LogP contribution >= 0.6 is 0 Å². The molecular weight excluding hydrogens is 160 g/mol. The molecule has 0 saturated heterocycles. The molecule has 0 unspecified atom stereocenters. The van der Waals surface area contributed by atoms with Crippen LogP contribution in [0.5, 0.6) is 0 Å². The van der Waals surface area contributed by atoms with Crippen molar-refractivity contribution in [3.8, 4) is 0 Å². The molecule has 13 heavy (non-hydrogen) atoms. The van der Waals surface area contributed by atoms with Gasteiger partial charge in [0.1, 0.15) is 11.2 Å². The lowest BCUT2D eigenvalue weighted by molar-refractivity contribution is 0.669. The Morgan fingerprint density at radius 1 is 0.846 bits per heavy atom. The van der Waals surface area contributed by atoms with Crippen molar-refractivity contribution in [3.05, 3.63) is 48.5 Å². The fourth-order valence-corrected chi connectivity index (χ4v) is 1.56. The van der Waals surface area contributed by atoms with Crippen molar-refractivity contribution in [2.24, 2.45) is 0 Å². The van der Waals surface area contributed by atoms with E-state index in [0.717, 1.165) is 21.9 Å². The first-order valence-electron chi connectivity index (χ1n) is 4.13. The van der Waals surface area contributed by atoms with Crippen LogP contribution in [-0.2, 0) is 0 Å². The third kappa shape index (κ3) is 0.872. The Morgan fingerprint density at radius 3 is 2.69 bits per heavy atom. The second-order valence-electron chi connectivity index (χ2n) is 2.95. The lowest BCUT2D eigenvalue weighted by Crippen LogP contribution is -1.63. The monoisotopic (exact) mass is 166 g/mol. The molecule has 0 saturated carbocycles. The van der Waals surface area contributed by atoms with Crippen LogP contribution in [0.25, 0.3) is 21.9 Å².